The highest BCUT2D eigenvalue weighted by Gasteiger charge is 2.21. The van der Waals surface area contributed by atoms with Gasteiger partial charge in [0.25, 0.3) is 5.69 Å². The van der Waals surface area contributed by atoms with Gasteiger partial charge in [-0.3, -0.25) is 10.1 Å². The highest BCUT2D eigenvalue weighted by atomic mass is 32.2. The van der Waals surface area contributed by atoms with Crippen molar-refractivity contribution in [2.45, 2.75) is 11.4 Å². The first kappa shape index (κ1) is 19.8. The lowest BCUT2D eigenvalue weighted by atomic mass is 10.2. The molecule has 0 unspecified atom stereocenters. The Kier molecular flexibility index (Phi) is 6.67. The third kappa shape index (κ3) is 5.51. The molecular formula is C17H23N4O4S+. The van der Waals surface area contributed by atoms with Crippen molar-refractivity contribution in [2.24, 2.45) is 0 Å². The van der Waals surface area contributed by atoms with Crippen LogP contribution in [0, 0.1) is 10.1 Å². The van der Waals surface area contributed by atoms with Gasteiger partial charge in [-0.05, 0) is 17.7 Å². The monoisotopic (exact) mass is 379 g/mol. The van der Waals surface area contributed by atoms with Gasteiger partial charge >= 0.3 is 0 Å². The van der Waals surface area contributed by atoms with Crippen molar-refractivity contribution in [3.63, 3.8) is 0 Å². The Bertz CT molecular complexity index is 854. The van der Waals surface area contributed by atoms with Crippen LogP contribution in [0.15, 0.2) is 53.4 Å². The molecule has 0 aliphatic carbocycles. The van der Waals surface area contributed by atoms with Gasteiger partial charge in [-0.25, -0.2) is 13.1 Å². The first-order chi connectivity index (χ1) is 12.3. The van der Waals surface area contributed by atoms with Crippen LogP contribution >= 0.6 is 0 Å². The molecular weight excluding hydrogens is 356 g/mol. The minimum atomic E-state index is -3.79. The topological polar surface area (TPSA) is 106 Å². The number of benzene rings is 2. The van der Waals surface area contributed by atoms with Crippen molar-refractivity contribution < 1.29 is 18.2 Å². The van der Waals surface area contributed by atoms with Crippen LogP contribution in [0.5, 0.6) is 0 Å². The average Bonchev–Trinajstić information content (AvgIpc) is 2.60. The Morgan fingerprint density at radius 1 is 1.12 bits per heavy atom. The van der Waals surface area contributed by atoms with Gasteiger partial charge in [0.15, 0.2) is 0 Å². The fraction of sp³-hybridized carbons (Fsp3) is 0.294. The number of rotatable bonds is 9. The Balaban J connectivity index is 2.18. The third-order valence-electron chi connectivity index (χ3n) is 3.72. The predicted molar refractivity (Wildman–Crippen MR) is 99.7 cm³/mol. The molecule has 0 spiro atoms. The van der Waals surface area contributed by atoms with Crippen molar-refractivity contribution in [1.29, 1.82) is 0 Å². The second-order valence-electron chi connectivity index (χ2n) is 6.13. The highest BCUT2D eigenvalue weighted by Crippen LogP contribution is 2.28. The number of likely N-dealkylation sites (N-methyl/N-ethyl adjacent to an activating group) is 1. The number of nitrogens with zero attached hydrogens (tertiary/aromatic N) is 1. The lowest BCUT2D eigenvalue weighted by Crippen LogP contribution is -3.06. The first-order valence-corrected chi connectivity index (χ1v) is 9.63. The summed E-state index contributed by atoms with van der Waals surface area (Å²) in [6.45, 7) is 1.27. The van der Waals surface area contributed by atoms with Crippen molar-refractivity contribution in [3.8, 4) is 0 Å². The van der Waals surface area contributed by atoms with Crippen LogP contribution in [0.2, 0.25) is 0 Å². The van der Waals surface area contributed by atoms with Crippen LogP contribution in [0.4, 0.5) is 11.4 Å². The number of hydrogen-bond acceptors (Lipinski definition) is 5. The van der Waals surface area contributed by atoms with E-state index in [1.54, 1.807) is 0 Å². The van der Waals surface area contributed by atoms with Gasteiger partial charge in [0.05, 0.1) is 37.0 Å². The molecule has 0 bridgehead atoms. The Hall–Kier alpha value is -2.49. The maximum atomic E-state index is 12.3. The fourth-order valence-corrected chi connectivity index (χ4v) is 3.34. The van der Waals surface area contributed by atoms with Crippen molar-refractivity contribution in [1.82, 2.24) is 4.72 Å². The van der Waals surface area contributed by atoms with E-state index in [0.29, 0.717) is 13.1 Å². The lowest BCUT2D eigenvalue weighted by Gasteiger charge is -2.11. The fourth-order valence-electron chi connectivity index (χ4n) is 2.29. The summed E-state index contributed by atoms with van der Waals surface area (Å²) in [5.74, 6) is 0. The maximum Gasteiger partial charge on any atom is 0.293 e. The van der Waals surface area contributed by atoms with Gasteiger partial charge in [-0.1, -0.05) is 30.3 Å². The summed E-state index contributed by atoms with van der Waals surface area (Å²) in [5.41, 5.74) is 0.962. The van der Waals surface area contributed by atoms with Crippen molar-refractivity contribution >= 4 is 21.4 Å². The number of nitro benzene ring substituents is 1. The van der Waals surface area contributed by atoms with Crippen LogP contribution in [0.1, 0.15) is 5.56 Å². The van der Waals surface area contributed by atoms with Crippen LogP contribution in [0.3, 0.4) is 0 Å². The predicted octanol–water partition coefficient (Wildman–Crippen LogP) is 0.630. The van der Waals surface area contributed by atoms with Crippen molar-refractivity contribution in [3.05, 3.63) is 64.2 Å². The zero-order valence-electron chi connectivity index (χ0n) is 14.7. The number of quaternary nitrogens is 1. The summed E-state index contributed by atoms with van der Waals surface area (Å²) in [7, 11) is 0.0268. The van der Waals surface area contributed by atoms with E-state index in [-0.39, 0.29) is 22.8 Å². The first-order valence-electron chi connectivity index (χ1n) is 8.14. The average molecular weight is 379 g/mol. The minimum absolute atomic E-state index is 0.122. The van der Waals surface area contributed by atoms with E-state index >= 15 is 0 Å². The lowest BCUT2D eigenvalue weighted by molar-refractivity contribution is -0.856. The molecule has 9 heteroatoms. The third-order valence-corrected chi connectivity index (χ3v) is 5.18. The van der Waals surface area contributed by atoms with Gasteiger partial charge in [-0.2, -0.15) is 0 Å². The van der Waals surface area contributed by atoms with Crippen LogP contribution in [-0.2, 0) is 16.6 Å². The quantitative estimate of drug-likeness (QED) is 0.438. The normalized spacial score (nSPS) is 11.5. The van der Waals surface area contributed by atoms with E-state index in [1.165, 1.54) is 12.1 Å². The Morgan fingerprint density at radius 3 is 2.42 bits per heavy atom. The zero-order chi connectivity index (χ0) is 19.2. The number of nitro groups is 1. The van der Waals surface area contributed by atoms with E-state index < -0.39 is 14.9 Å². The van der Waals surface area contributed by atoms with E-state index in [1.807, 2.05) is 44.4 Å². The molecule has 2 aromatic rings. The molecule has 3 N–H and O–H groups in total. The number of sulfonamides is 1. The molecule has 0 aliphatic rings. The minimum Gasteiger partial charge on any atom is -0.375 e. The van der Waals surface area contributed by atoms with Crippen molar-refractivity contribution in [2.75, 3.05) is 32.5 Å². The highest BCUT2D eigenvalue weighted by molar-refractivity contribution is 7.89. The molecule has 0 atom stereocenters. The molecule has 0 heterocycles. The standard InChI is InChI=1S/C17H22N4O4S/c1-20(2)11-10-19-26(24,25)15-8-9-16(17(12-15)21(22)23)18-13-14-6-4-3-5-7-14/h3-9,12,18-19H,10-11,13H2,1-2H3/p+1. The zero-order valence-corrected chi connectivity index (χ0v) is 15.5. The molecule has 0 saturated heterocycles. The van der Waals surface area contributed by atoms with Crippen LogP contribution in [-0.4, -0.2) is 40.5 Å². The molecule has 0 saturated carbocycles. The summed E-state index contributed by atoms with van der Waals surface area (Å²) in [6, 6.07) is 13.3. The van der Waals surface area contributed by atoms with Gasteiger partial charge < -0.3 is 10.2 Å². The second kappa shape index (κ2) is 8.75. The molecule has 2 rings (SSSR count). The summed E-state index contributed by atoms with van der Waals surface area (Å²) in [6.07, 6.45) is 0. The summed E-state index contributed by atoms with van der Waals surface area (Å²) in [5, 5.41) is 14.4. The summed E-state index contributed by atoms with van der Waals surface area (Å²) < 4.78 is 27.1. The van der Waals surface area contributed by atoms with Gasteiger partial charge in [-0.15, -0.1) is 0 Å². The molecule has 8 nitrogen and oxygen atoms in total. The van der Waals surface area contributed by atoms with Gasteiger partial charge in [0.1, 0.15) is 5.69 Å². The SMILES string of the molecule is C[NH+](C)CCNS(=O)(=O)c1ccc(NCc2ccccc2)c([N+](=O)[O-])c1. The van der Waals surface area contributed by atoms with E-state index in [4.69, 9.17) is 0 Å². The molecule has 2 aromatic carbocycles. The maximum absolute atomic E-state index is 12.3. The van der Waals surface area contributed by atoms with Crippen LogP contribution < -0.4 is 14.9 Å². The van der Waals surface area contributed by atoms with Gasteiger partial charge in [0.2, 0.25) is 10.0 Å². The number of nitrogens with one attached hydrogen (secondary N) is 3. The van der Waals surface area contributed by atoms with E-state index in [0.717, 1.165) is 16.5 Å². The number of anilines is 1. The Morgan fingerprint density at radius 2 is 1.81 bits per heavy atom. The molecule has 0 aliphatic heterocycles. The Labute approximate surface area is 153 Å². The van der Waals surface area contributed by atoms with Gasteiger partial charge in [0, 0.05) is 12.6 Å². The molecule has 140 valence electrons. The molecule has 0 fully saturated rings. The molecule has 26 heavy (non-hydrogen) atoms. The summed E-state index contributed by atoms with van der Waals surface area (Å²) >= 11 is 0. The number of hydrogen-bond donors (Lipinski definition) is 3. The molecule has 0 aromatic heterocycles. The van der Waals surface area contributed by atoms with Crippen LogP contribution in [0.25, 0.3) is 0 Å². The molecule has 0 amide bonds. The summed E-state index contributed by atoms with van der Waals surface area (Å²) in [4.78, 5) is 11.8. The van der Waals surface area contributed by atoms with E-state index in [2.05, 4.69) is 10.0 Å². The smallest absolute Gasteiger partial charge is 0.293 e. The second-order valence-corrected chi connectivity index (χ2v) is 7.90. The van der Waals surface area contributed by atoms with E-state index in [9.17, 15) is 18.5 Å². The molecule has 0 radical (unpaired) electrons. The largest absolute Gasteiger partial charge is 0.375 e.